The summed E-state index contributed by atoms with van der Waals surface area (Å²) < 4.78 is 5.02. The molecule has 3 nitrogen and oxygen atoms in total. The molecule has 0 aromatic carbocycles. The minimum Gasteiger partial charge on any atom is -0.499 e. The maximum atomic E-state index is 9.01. The summed E-state index contributed by atoms with van der Waals surface area (Å²) in [7, 11) is 0. The molecule has 0 saturated heterocycles. The standard InChI is InChI=1S/C7H5NO2S/c9-7-2-1-6(11-7)5-3-8-4-10-5/h1-4,9H. The zero-order valence-corrected chi connectivity index (χ0v) is 6.34. The number of oxazole rings is 1. The van der Waals surface area contributed by atoms with Crippen molar-refractivity contribution in [3.63, 3.8) is 0 Å². The van der Waals surface area contributed by atoms with Gasteiger partial charge in [-0.15, -0.1) is 0 Å². The lowest BCUT2D eigenvalue weighted by atomic mass is 10.4. The summed E-state index contributed by atoms with van der Waals surface area (Å²) in [5.41, 5.74) is 0. The van der Waals surface area contributed by atoms with Crippen LogP contribution in [0.4, 0.5) is 0 Å². The van der Waals surface area contributed by atoms with Crippen molar-refractivity contribution in [2.75, 3.05) is 0 Å². The highest BCUT2D eigenvalue weighted by molar-refractivity contribution is 7.17. The first-order valence-corrected chi connectivity index (χ1v) is 3.85. The third-order valence-corrected chi connectivity index (χ3v) is 2.17. The number of hydrogen-bond acceptors (Lipinski definition) is 4. The topological polar surface area (TPSA) is 46.3 Å². The van der Waals surface area contributed by atoms with E-state index in [0.29, 0.717) is 5.76 Å². The van der Waals surface area contributed by atoms with Gasteiger partial charge in [-0.1, -0.05) is 11.3 Å². The van der Waals surface area contributed by atoms with Crippen molar-refractivity contribution in [1.29, 1.82) is 0 Å². The molecule has 11 heavy (non-hydrogen) atoms. The Bertz CT molecular complexity index is 339. The highest BCUT2D eigenvalue weighted by Gasteiger charge is 2.03. The predicted octanol–water partition coefficient (Wildman–Crippen LogP) is 2.11. The van der Waals surface area contributed by atoms with Gasteiger partial charge >= 0.3 is 0 Å². The molecule has 0 radical (unpaired) electrons. The van der Waals surface area contributed by atoms with E-state index in [9.17, 15) is 0 Å². The second-order valence-corrected chi connectivity index (χ2v) is 3.07. The zero-order chi connectivity index (χ0) is 7.68. The van der Waals surface area contributed by atoms with Crippen LogP contribution in [-0.2, 0) is 0 Å². The van der Waals surface area contributed by atoms with E-state index in [2.05, 4.69) is 4.98 Å². The van der Waals surface area contributed by atoms with E-state index in [-0.39, 0.29) is 5.06 Å². The minimum atomic E-state index is 0.288. The first-order valence-electron chi connectivity index (χ1n) is 3.04. The largest absolute Gasteiger partial charge is 0.499 e. The van der Waals surface area contributed by atoms with Crippen molar-refractivity contribution in [3.8, 4) is 15.7 Å². The number of nitrogens with zero attached hydrogens (tertiary/aromatic N) is 1. The molecule has 0 fully saturated rings. The van der Waals surface area contributed by atoms with Gasteiger partial charge in [0.25, 0.3) is 0 Å². The Morgan fingerprint density at radius 2 is 2.36 bits per heavy atom. The summed E-state index contributed by atoms with van der Waals surface area (Å²) in [5, 5.41) is 9.30. The van der Waals surface area contributed by atoms with Crippen molar-refractivity contribution in [1.82, 2.24) is 4.98 Å². The van der Waals surface area contributed by atoms with Crippen LogP contribution in [0.15, 0.2) is 29.1 Å². The third kappa shape index (κ3) is 1.12. The second-order valence-electron chi connectivity index (χ2n) is 2.00. The lowest BCUT2D eigenvalue weighted by Gasteiger charge is -1.83. The number of rotatable bonds is 1. The Morgan fingerprint density at radius 1 is 1.45 bits per heavy atom. The van der Waals surface area contributed by atoms with Crippen molar-refractivity contribution in [2.24, 2.45) is 0 Å². The van der Waals surface area contributed by atoms with Crippen LogP contribution in [0.2, 0.25) is 0 Å². The van der Waals surface area contributed by atoms with Crippen LogP contribution in [0.1, 0.15) is 0 Å². The lowest BCUT2D eigenvalue weighted by Crippen LogP contribution is -1.59. The summed E-state index contributed by atoms with van der Waals surface area (Å²) in [5.74, 6) is 0.690. The van der Waals surface area contributed by atoms with E-state index in [1.807, 2.05) is 0 Å². The fourth-order valence-corrected chi connectivity index (χ4v) is 1.50. The fraction of sp³-hybridized carbons (Fsp3) is 0. The minimum absolute atomic E-state index is 0.288. The van der Waals surface area contributed by atoms with Gasteiger partial charge in [-0.05, 0) is 12.1 Å². The SMILES string of the molecule is Oc1ccc(-c2cnco2)s1. The molecule has 0 aliphatic heterocycles. The summed E-state index contributed by atoms with van der Waals surface area (Å²) in [6, 6.07) is 3.42. The van der Waals surface area contributed by atoms with Gasteiger partial charge in [0.1, 0.15) is 0 Å². The summed E-state index contributed by atoms with van der Waals surface area (Å²) >= 11 is 1.27. The number of hydrogen-bond donors (Lipinski definition) is 1. The molecule has 0 aliphatic rings. The Labute approximate surface area is 66.9 Å². The Balaban J connectivity index is 2.45. The van der Waals surface area contributed by atoms with Gasteiger partial charge in [0.2, 0.25) is 0 Å². The average molecular weight is 167 g/mol. The molecule has 0 spiro atoms. The quantitative estimate of drug-likeness (QED) is 0.707. The summed E-state index contributed by atoms with van der Waals surface area (Å²) in [6.45, 7) is 0. The van der Waals surface area contributed by atoms with E-state index >= 15 is 0 Å². The van der Waals surface area contributed by atoms with Gasteiger partial charge in [0.15, 0.2) is 17.2 Å². The molecule has 0 amide bonds. The first kappa shape index (κ1) is 6.42. The molecule has 0 aliphatic carbocycles. The monoisotopic (exact) mass is 167 g/mol. The smallest absolute Gasteiger partial charge is 0.181 e. The molecule has 4 heteroatoms. The Kier molecular flexibility index (Phi) is 1.40. The van der Waals surface area contributed by atoms with Gasteiger partial charge in [-0.3, -0.25) is 0 Å². The zero-order valence-electron chi connectivity index (χ0n) is 5.52. The van der Waals surface area contributed by atoms with Crippen LogP contribution in [0.5, 0.6) is 5.06 Å². The fourth-order valence-electron chi connectivity index (χ4n) is 0.798. The molecule has 0 unspecified atom stereocenters. The van der Waals surface area contributed by atoms with Crippen LogP contribution < -0.4 is 0 Å². The maximum Gasteiger partial charge on any atom is 0.181 e. The highest BCUT2D eigenvalue weighted by atomic mass is 32.1. The van der Waals surface area contributed by atoms with Crippen molar-refractivity contribution >= 4 is 11.3 Å². The van der Waals surface area contributed by atoms with Crippen LogP contribution in [0.25, 0.3) is 10.6 Å². The Hall–Kier alpha value is -1.29. The van der Waals surface area contributed by atoms with E-state index < -0.39 is 0 Å². The normalized spacial score (nSPS) is 10.2. The van der Waals surface area contributed by atoms with Gasteiger partial charge in [-0.2, -0.15) is 0 Å². The van der Waals surface area contributed by atoms with Crippen LogP contribution >= 0.6 is 11.3 Å². The molecule has 1 N–H and O–H groups in total. The van der Waals surface area contributed by atoms with Gasteiger partial charge in [0, 0.05) is 0 Å². The summed E-state index contributed by atoms with van der Waals surface area (Å²) in [6.07, 6.45) is 2.98. The molecule has 56 valence electrons. The van der Waals surface area contributed by atoms with Gasteiger partial charge in [0.05, 0.1) is 11.1 Å². The third-order valence-electron chi connectivity index (χ3n) is 1.27. The molecular weight excluding hydrogens is 162 g/mol. The highest BCUT2D eigenvalue weighted by Crippen LogP contribution is 2.31. The predicted molar refractivity (Wildman–Crippen MR) is 41.5 cm³/mol. The van der Waals surface area contributed by atoms with E-state index in [1.165, 1.54) is 17.7 Å². The molecule has 2 heterocycles. The van der Waals surface area contributed by atoms with Crippen LogP contribution in [-0.4, -0.2) is 10.1 Å². The van der Waals surface area contributed by atoms with E-state index in [1.54, 1.807) is 18.3 Å². The maximum absolute atomic E-state index is 9.01. The van der Waals surface area contributed by atoms with E-state index in [4.69, 9.17) is 9.52 Å². The molecule has 2 rings (SSSR count). The van der Waals surface area contributed by atoms with Crippen molar-refractivity contribution in [2.45, 2.75) is 0 Å². The number of aromatic hydroxyl groups is 1. The first-order chi connectivity index (χ1) is 5.36. The van der Waals surface area contributed by atoms with Crippen molar-refractivity contribution in [3.05, 3.63) is 24.7 Å². The molecular formula is C7H5NO2S. The number of aromatic nitrogens is 1. The lowest BCUT2D eigenvalue weighted by molar-refractivity contribution is 0.491. The molecule has 0 bridgehead atoms. The summed E-state index contributed by atoms with van der Waals surface area (Å²) in [4.78, 5) is 4.66. The molecule has 0 saturated carbocycles. The van der Waals surface area contributed by atoms with Gasteiger partial charge in [-0.25, -0.2) is 4.98 Å². The molecule has 2 aromatic rings. The molecule has 2 aromatic heterocycles. The average Bonchev–Trinajstić information content (AvgIpc) is 2.55. The van der Waals surface area contributed by atoms with Gasteiger partial charge < -0.3 is 9.52 Å². The van der Waals surface area contributed by atoms with E-state index in [0.717, 1.165) is 4.88 Å². The molecule has 0 atom stereocenters. The Morgan fingerprint density at radius 3 is 2.91 bits per heavy atom. The van der Waals surface area contributed by atoms with Crippen molar-refractivity contribution < 1.29 is 9.52 Å². The second kappa shape index (κ2) is 2.39. The van der Waals surface area contributed by atoms with Crippen LogP contribution in [0, 0.1) is 0 Å². The number of thiophene rings is 1. The van der Waals surface area contributed by atoms with Crippen LogP contribution in [0.3, 0.4) is 0 Å².